The first-order chi connectivity index (χ1) is 10.2. The maximum atomic E-state index is 12.2. The van der Waals surface area contributed by atoms with Gasteiger partial charge in [0.05, 0.1) is 24.3 Å². The van der Waals surface area contributed by atoms with Gasteiger partial charge in [-0.25, -0.2) is 0 Å². The number of ether oxygens (including phenoxy) is 1. The Morgan fingerprint density at radius 3 is 3.14 bits per heavy atom. The van der Waals surface area contributed by atoms with Crippen molar-refractivity contribution in [3.8, 4) is 11.8 Å². The number of carbonyl (C=O) groups is 1. The molecule has 0 aromatic carbocycles. The van der Waals surface area contributed by atoms with Crippen LogP contribution in [-0.4, -0.2) is 41.9 Å². The van der Waals surface area contributed by atoms with Crippen LogP contribution in [0.3, 0.4) is 0 Å². The first-order valence-corrected chi connectivity index (χ1v) is 7.13. The molecule has 2 unspecified atom stereocenters. The van der Waals surface area contributed by atoms with Crippen molar-refractivity contribution in [2.75, 3.05) is 13.7 Å². The van der Waals surface area contributed by atoms with E-state index in [2.05, 4.69) is 22.1 Å². The van der Waals surface area contributed by atoms with Crippen molar-refractivity contribution in [1.29, 1.82) is 0 Å². The van der Waals surface area contributed by atoms with Crippen LogP contribution in [0.4, 0.5) is 0 Å². The van der Waals surface area contributed by atoms with Crippen LogP contribution in [-0.2, 0) is 4.74 Å². The third-order valence-electron chi connectivity index (χ3n) is 3.54. The molecular formula is C16H20N2O3. The largest absolute Gasteiger partial charge is 0.395 e. The first-order valence-electron chi connectivity index (χ1n) is 7.13. The van der Waals surface area contributed by atoms with E-state index in [0.29, 0.717) is 17.5 Å². The standard InChI is InChI=1S/C16H20N2O3/c1-21-15-7-4-6-14(15)18-16(20)13-9-12(10-17-11-13)5-2-3-8-19/h9-11,14-15,19H,3-4,6-8H2,1H3,(H,18,20). The predicted octanol–water partition coefficient (Wildman–Crippen LogP) is 1.11. The molecule has 2 atom stereocenters. The van der Waals surface area contributed by atoms with Crippen LogP contribution in [0.15, 0.2) is 18.5 Å². The number of methoxy groups -OCH3 is 1. The van der Waals surface area contributed by atoms with Gasteiger partial charge < -0.3 is 15.2 Å². The molecule has 0 spiro atoms. The summed E-state index contributed by atoms with van der Waals surface area (Å²) in [5, 5.41) is 11.7. The van der Waals surface area contributed by atoms with Gasteiger partial charge in [-0.2, -0.15) is 0 Å². The number of nitrogens with zero attached hydrogens (tertiary/aromatic N) is 1. The molecule has 21 heavy (non-hydrogen) atoms. The highest BCUT2D eigenvalue weighted by atomic mass is 16.5. The Morgan fingerprint density at radius 1 is 1.52 bits per heavy atom. The summed E-state index contributed by atoms with van der Waals surface area (Å²) in [6.07, 6.45) is 6.62. The van der Waals surface area contributed by atoms with Gasteiger partial charge in [0.25, 0.3) is 5.91 Å². The lowest BCUT2D eigenvalue weighted by atomic mass is 10.1. The van der Waals surface area contributed by atoms with Crippen molar-refractivity contribution >= 4 is 5.91 Å². The first kappa shape index (κ1) is 15.5. The van der Waals surface area contributed by atoms with Crippen LogP contribution in [0, 0.1) is 11.8 Å². The lowest BCUT2D eigenvalue weighted by Gasteiger charge is -2.19. The minimum absolute atomic E-state index is 0.0285. The summed E-state index contributed by atoms with van der Waals surface area (Å²) in [7, 11) is 1.67. The highest BCUT2D eigenvalue weighted by Crippen LogP contribution is 2.21. The molecule has 112 valence electrons. The molecule has 2 rings (SSSR count). The second kappa shape index (κ2) is 7.77. The molecule has 0 aliphatic heterocycles. The molecule has 0 bridgehead atoms. The van der Waals surface area contributed by atoms with Crippen molar-refractivity contribution in [3.63, 3.8) is 0 Å². The summed E-state index contributed by atoms with van der Waals surface area (Å²) >= 11 is 0. The molecule has 0 saturated heterocycles. The topological polar surface area (TPSA) is 71.5 Å². The molecule has 1 aromatic rings. The van der Waals surface area contributed by atoms with E-state index in [1.807, 2.05) is 0 Å². The van der Waals surface area contributed by atoms with E-state index in [4.69, 9.17) is 9.84 Å². The molecule has 1 aromatic heterocycles. The molecular weight excluding hydrogens is 268 g/mol. The van der Waals surface area contributed by atoms with E-state index < -0.39 is 0 Å². The molecule has 1 fully saturated rings. The Bertz CT molecular complexity index is 548. The van der Waals surface area contributed by atoms with Gasteiger partial charge in [0, 0.05) is 31.5 Å². The van der Waals surface area contributed by atoms with E-state index >= 15 is 0 Å². The Kier molecular flexibility index (Phi) is 5.73. The number of aliphatic hydroxyl groups is 1. The number of aromatic nitrogens is 1. The maximum absolute atomic E-state index is 12.2. The number of amides is 1. The molecule has 0 radical (unpaired) electrons. The number of hydrogen-bond acceptors (Lipinski definition) is 4. The Morgan fingerprint density at radius 2 is 2.38 bits per heavy atom. The highest BCUT2D eigenvalue weighted by Gasteiger charge is 2.28. The quantitative estimate of drug-likeness (QED) is 0.814. The predicted molar refractivity (Wildman–Crippen MR) is 78.7 cm³/mol. The minimum atomic E-state index is -0.151. The van der Waals surface area contributed by atoms with Gasteiger partial charge >= 0.3 is 0 Å². The molecule has 5 nitrogen and oxygen atoms in total. The third kappa shape index (κ3) is 4.28. The van der Waals surface area contributed by atoms with Crippen molar-refractivity contribution < 1.29 is 14.6 Å². The maximum Gasteiger partial charge on any atom is 0.253 e. The van der Waals surface area contributed by atoms with Gasteiger partial charge in [-0.3, -0.25) is 9.78 Å². The zero-order valence-corrected chi connectivity index (χ0v) is 12.1. The van der Waals surface area contributed by atoms with Gasteiger partial charge in [-0.05, 0) is 25.3 Å². The van der Waals surface area contributed by atoms with Gasteiger partial charge in [0.1, 0.15) is 0 Å². The normalized spacial score (nSPS) is 20.7. The summed E-state index contributed by atoms with van der Waals surface area (Å²) < 4.78 is 5.37. The van der Waals surface area contributed by atoms with Crippen LogP contribution in [0.1, 0.15) is 41.6 Å². The Balaban J connectivity index is 2.02. The Hall–Kier alpha value is -1.90. The fraction of sp³-hybridized carbons (Fsp3) is 0.500. The van der Waals surface area contributed by atoms with Crippen LogP contribution >= 0.6 is 0 Å². The minimum Gasteiger partial charge on any atom is -0.395 e. The van der Waals surface area contributed by atoms with Gasteiger partial charge in [-0.1, -0.05) is 11.8 Å². The molecule has 5 heteroatoms. The van der Waals surface area contributed by atoms with Gasteiger partial charge in [0.15, 0.2) is 0 Å². The summed E-state index contributed by atoms with van der Waals surface area (Å²) in [4.78, 5) is 16.3. The van der Waals surface area contributed by atoms with E-state index in [1.165, 1.54) is 6.20 Å². The van der Waals surface area contributed by atoms with E-state index in [0.717, 1.165) is 19.3 Å². The van der Waals surface area contributed by atoms with Crippen LogP contribution in [0.25, 0.3) is 0 Å². The average molecular weight is 288 g/mol. The number of nitrogens with one attached hydrogen (secondary N) is 1. The molecule has 2 N–H and O–H groups in total. The number of carbonyl (C=O) groups excluding carboxylic acids is 1. The van der Waals surface area contributed by atoms with Crippen LogP contribution in [0.5, 0.6) is 0 Å². The number of aliphatic hydroxyl groups excluding tert-OH is 1. The number of hydrogen-bond donors (Lipinski definition) is 2. The van der Waals surface area contributed by atoms with E-state index in [1.54, 1.807) is 19.4 Å². The monoisotopic (exact) mass is 288 g/mol. The smallest absolute Gasteiger partial charge is 0.253 e. The fourth-order valence-corrected chi connectivity index (χ4v) is 2.48. The molecule has 1 saturated carbocycles. The summed E-state index contributed by atoms with van der Waals surface area (Å²) in [6.45, 7) is 0.0285. The van der Waals surface area contributed by atoms with Gasteiger partial charge in [0.2, 0.25) is 0 Å². The fourth-order valence-electron chi connectivity index (χ4n) is 2.48. The van der Waals surface area contributed by atoms with Crippen LogP contribution in [0.2, 0.25) is 0 Å². The van der Waals surface area contributed by atoms with Crippen molar-refractivity contribution in [3.05, 3.63) is 29.6 Å². The summed E-state index contributed by atoms with van der Waals surface area (Å²) in [5.41, 5.74) is 1.17. The van der Waals surface area contributed by atoms with Crippen molar-refractivity contribution in [1.82, 2.24) is 10.3 Å². The van der Waals surface area contributed by atoms with Crippen molar-refractivity contribution in [2.24, 2.45) is 0 Å². The highest BCUT2D eigenvalue weighted by molar-refractivity contribution is 5.94. The zero-order valence-electron chi connectivity index (χ0n) is 12.1. The third-order valence-corrected chi connectivity index (χ3v) is 3.54. The molecule has 1 heterocycles. The molecule has 1 amide bonds. The zero-order chi connectivity index (χ0) is 15.1. The second-order valence-electron chi connectivity index (χ2n) is 5.02. The lowest BCUT2D eigenvalue weighted by Crippen LogP contribution is -2.40. The van der Waals surface area contributed by atoms with Crippen LogP contribution < -0.4 is 5.32 Å². The number of pyridine rings is 1. The molecule has 1 aliphatic carbocycles. The summed E-state index contributed by atoms with van der Waals surface area (Å²) in [5.74, 6) is 5.54. The lowest BCUT2D eigenvalue weighted by molar-refractivity contribution is 0.0722. The van der Waals surface area contributed by atoms with Gasteiger partial charge in [-0.15, -0.1) is 0 Å². The van der Waals surface area contributed by atoms with E-state index in [9.17, 15) is 4.79 Å². The van der Waals surface area contributed by atoms with Crippen molar-refractivity contribution in [2.45, 2.75) is 37.8 Å². The Labute approximate surface area is 124 Å². The molecule has 1 aliphatic rings. The SMILES string of the molecule is COC1CCCC1NC(=O)c1cncc(C#CCCO)c1. The number of rotatable bonds is 4. The summed E-state index contributed by atoms with van der Waals surface area (Å²) in [6, 6.07) is 1.77. The van der Waals surface area contributed by atoms with E-state index in [-0.39, 0.29) is 24.7 Å². The second-order valence-corrected chi connectivity index (χ2v) is 5.02. The average Bonchev–Trinajstić information content (AvgIpc) is 2.95.